The number of carboxylic acids is 1. The zero-order valence-electron chi connectivity index (χ0n) is 14.9. The molecule has 0 fully saturated rings. The maximum Gasteiger partial charge on any atom is 0.331 e. The molecule has 26 heavy (non-hydrogen) atoms. The second-order valence-corrected chi connectivity index (χ2v) is 6.71. The molecule has 1 atom stereocenters. The van der Waals surface area contributed by atoms with Crippen LogP contribution in [0, 0.1) is 5.92 Å². The summed E-state index contributed by atoms with van der Waals surface area (Å²) in [5, 5.41) is 16.1. The first-order valence-electron chi connectivity index (χ1n) is 8.20. The van der Waals surface area contributed by atoms with Crippen molar-refractivity contribution >= 4 is 17.6 Å². The van der Waals surface area contributed by atoms with Crippen LogP contribution >= 0.6 is 0 Å². The van der Waals surface area contributed by atoms with Gasteiger partial charge in [-0.2, -0.15) is 5.10 Å². The fourth-order valence-electron chi connectivity index (χ4n) is 2.70. The van der Waals surface area contributed by atoms with Crippen LogP contribution in [0.5, 0.6) is 11.5 Å². The van der Waals surface area contributed by atoms with E-state index in [0.29, 0.717) is 17.9 Å². The van der Waals surface area contributed by atoms with Crippen LogP contribution in [0.4, 0.5) is 5.69 Å². The van der Waals surface area contributed by atoms with Gasteiger partial charge in [-0.15, -0.1) is 0 Å². The number of anilines is 1. The van der Waals surface area contributed by atoms with Crippen LogP contribution in [0.15, 0.2) is 30.6 Å². The molecule has 2 heterocycles. The molecule has 138 valence electrons. The van der Waals surface area contributed by atoms with Crippen molar-refractivity contribution < 1.29 is 24.2 Å². The van der Waals surface area contributed by atoms with Crippen molar-refractivity contribution in [1.29, 1.82) is 0 Å². The van der Waals surface area contributed by atoms with Gasteiger partial charge in [-0.1, -0.05) is 0 Å². The molecule has 1 aromatic carbocycles. The minimum Gasteiger partial charge on any atom is -0.497 e. The van der Waals surface area contributed by atoms with Gasteiger partial charge in [0.25, 0.3) is 0 Å². The maximum absolute atomic E-state index is 12.5. The van der Waals surface area contributed by atoms with E-state index >= 15 is 0 Å². The van der Waals surface area contributed by atoms with E-state index in [1.165, 1.54) is 30.9 Å². The number of amides is 1. The average molecular weight is 359 g/mol. The monoisotopic (exact) mass is 359 g/mol. The van der Waals surface area contributed by atoms with Crippen molar-refractivity contribution in [3.8, 4) is 11.5 Å². The number of nitrogens with zero attached hydrogens (tertiary/aromatic N) is 2. The third-order valence-electron chi connectivity index (χ3n) is 4.49. The SMILES string of the molecule is COc1ccc2c(c1)CC(C(=O)Nc1cnn(C(C)(C)C(=O)O)c1)CO2. The molecule has 0 saturated heterocycles. The van der Waals surface area contributed by atoms with Crippen LogP contribution in [0.2, 0.25) is 0 Å². The predicted molar refractivity (Wildman–Crippen MR) is 93.5 cm³/mol. The molecule has 2 aromatic rings. The second kappa shape index (κ2) is 6.70. The molecule has 1 aliphatic heterocycles. The van der Waals surface area contributed by atoms with Crippen LogP contribution in [-0.2, 0) is 21.5 Å². The highest BCUT2D eigenvalue weighted by atomic mass is 16.5. The van der Waals surface area contributed by atoms with Crippen molar-refractivity contribution in [1.82, 2.24) is 9.78 Å². The van der Waals surface area contributed by atoms with Gasteiger partial charge in [0.15, 0.2) is 5.54 Å². The Morgan fingerprint density at radius 1 is 1.42 bits per heavy atom. The molecule has 3 rings (SSSR count). The number of carboxylic acid groups (broad SMARTS) is 1. The number of ether oxygens (including phenoxy) is 2. The Morgan fingerprint density at radius 3 is 2.88 bits per heavy atom. The molecular formula is C18H21N3O5. The second-order valence-electron chi connectivity index (χ2n) is 6.71. The number of methoxy groups -OCH3 is 1. The van der Waals surface area contributed by atoms with Gasteiger partial charge in [-0.3, -0.25) is 9.48 Å². The smallest absolute Gasteiger partial charge is 0.331 e. The fourth-order valence-corrected chi connectivity index (χ4v) is 2.70. The lowest BCUT2D eigenvalue weighted by atomic mass is 9.96. The number of rotatable bonds is 5. The van der Waals surface area contributed by atoms with E-state index in [-0.39, 0.29) is 18.4 Å². The van der Waals surface area contributed by atoms with Gasteiger partial charge in [-0.05, 0) is 44.0 Å². The maximum atomic E-state index is 12.5. The van der Waals surface area contributed by atoms with Crippen molar-refractivity contribution in [2.24, 2.45) is 5.92 Å². The van der Waals surface area contributed by atoms with Crippen LogP contribution in [0.1, 0.15) is 19.4 Å². The molecule has 8 heteroatoms. The number of aliphatic carboxylic acids is 1. The number of hydrogen-bond donors (Lipinski definition) is 2. The molecule has 0 bridgehead atoms. The third kappa shape index (κ3) is 3.35. The minimum absolute atomic E-state index is 0.203. The molecule has 0 spiro atoms. The van der Waals surface area contributed by atoms with E-state index in [1.54, 1.807) is 7.11 Å². The number of carbonyl (C=O) groups is 2. The number of aromatic nitrogens is 2. The minimum atomic E-state index is -1.20. The summed E-state index contributed by atoms with van der Waals surface area (Å²) in [6.45, 7) is 3.35. The number of hydrogen-bond acceptors (Lipinski definition) is 5. The van der Waals surface area contributed by atoms with E-state index in [9.17, 15) is 14.7 Å². The summed E-state index contributed by atoms with van der Waals surface area (Å²) in [5.41, 5.74) is 0.158. The first-order chi connectivity index (χ1) is 12.3. The number of nitrogens with one attached hydrogen (secondary N) is 1. The van der Waals surface area contributed by atoms with Crippen LogP contribution in [0.3, 0.4) is 0 Å². The normalized spacial score (nSPS) is 16.3. The zero-order valence-corrected chi connectivity index (χ0v) is 14.9. The highest BCUT2D eigenvalue weighted by molar-refractivity contribution is 5.93. The Morgan fingerprint density at radius 2 is 2.19 bits per heavy atom. The van der Waals surface area contributed by atoms with Gasteiger partial charge in [-0.25, -0.2) is 4.79 Å². The first-order valence-corrected chi connectivity index (χ1v) is 8.20. The summed E-state index contributed by atoms with van der Waals surface area (Å²) in [7, 11) is 1.59. The summed E-state index contributed by atoms with van der Waals surface area (Å²) in [5.74, 6) is -0.0993. The van der Waals surface area contributed by atoms with E-state index in [2.05, 4.69) is 10.4 Å². The zero-order chi connectivity index (χ0) is 18.9. The van der Waals surface area contributed by atoms with E-state index < -0.39 is 11.5 Å². The average Bonchev–Trinajstić information content (AvgIpc) is 3.09. The topological polar surface area (TPSA) is 103 Å². The van der Waals surface area contributed by atoms with Crippen LogP contribution in [0.25, 0.3) is 0 Å². The van der Waals surface area contributed by atoms with Gasteiger partial charge in [0, 0.05) is 6.20 Å². The number of carbonyl (C=O) groups excluding carboxylic acids is 1. The van der Waals surface area contributed by atoms with Gasteiger partial charge >= 0.3 is 5.97 Å². The molecular weight excluding hydrogens is 338 g/mol. The van der Waals surface area contributed by atoms with E-state index in [4.69, 9.17) is 9.47 Å². The molecule has 1 aromatic heterocycles. The molecule has 0 radical (unpaired) electrons. The molecule has 8 nitrogen and oxygen atoms in total. The van der Waals surface area contributed by atoms with Crippen molar-refractivity contribution in [3.63, 3.8) is 0 Å². The summed E-state index contributed by atoms with van der Waals surface area (Å²) >= 11 is 0. The molecule has 0 aliphatic carbocycles. The fraction of sp³-hybridized carbons (Fsp3) is 0.389. The number of fused-ring (bicyclic) bond motifs is 1. The molecule has 2 N–H and O–H groups in total. The van der Waals surface area contributed by atoms with Crippen molar-refractivity contribution in [2.75, 3.05) is 19.0 Å². The van der Waals surface area contributed by atoms with E-state index in [0.717, 1.165) is 11.3 Å². The van der Waals surface area contributed by atoms with Crippen LogP contribution < -0.4 is 14.8 Å². The Labute approximate surface area is 150 Å². The quantitative estimate of drug-likeness (QED) is 0.845. The highest BCUT2D eigenvalue weighted by Crippen LogP contribution is 2.31. The lowest BCUT2D eigenvalue weighted by Gasteiger charge is -2.24. The largest absolute Gasteiger partial charge is 0.497 e. The summed E-state index contributed by atoms with van der Waals surface area (Å²) < 4.78 is 12.2. The van der Waals surface area contributed by atoms with Gasteiger partial charge < -0.3 is 19.9 Å². The van der Waals surface area contributed by atoms with Crippen molar-refractivity contribution in [3.05, 3.63) is 36.2 Å². The molecule has 0 saturated carbocycles. The van der Waals surface area contributed by atoms with Gasteiger partial charge in [0.05, 0.1) is 24.9 Å². The summed E-state index contributed by atoms with van der Waals surface area (Å²) in [6, 6.07) is 5.51. The Kier molecular flexibility index (Phi) is 4.58. The Hall–Kier alpha value is -3.03. The molecule has 1 aliphatic rings. The van der Waals surface area contributed by atoms with Gasteiger partial charge in [0.2, 0.25) is 5.91 Å². The van der Waals surface area contributed by atoms with Crippen LogP contribution in [-0.4, -0.2) is 40.5 Å². The van der Waals surface area contributed by atoms with E-state index in [1.807, 2.05) is 18.2 Å². The summed E-state index contributed by atoms with van der Waals surface area (Å²) in [4.78, 5) is 23.8. The van der Waals surface area contributed by atoms with Gasteiger partial charge in [0.1, 0.15) is 18.1 Å². The highest BCUT2D eigenvalue weighted by Gasteiger charge is 2.31. The molecule has 1 unspecified atom stereocenters. The predicted octanol–water partition coefficient (Wildman–Crippen LogP) is 1.90. The lowest BCUT2D eigenvalue weighted by molar-refractivity contribution is -0.146. The Balaban J connectivity index is 1.69. The summed E-state index contributed by atoms with van der Waals surface area (Å²) in [6.07, 6.45) is 3.48. The third-order valence-corrected chi connectivity index (χ3v) is 4.49. The first kappa shape index (κ1) is 17.8. The Bertz CT molecular complexity index is 843. The standard InChI is InChI=1S/C18H21N3O5/c1-18(2,17(23)24)21-9-13(8-19-21)20-16(22)12-6-11-7-14(25-3)4-5-15(11)26-10-12/h4-5,7-9,12H,6,10H2,1-3H3,(H,20,22)(H,23,24). The lowest BCUT2D eigenvalue weighted by Crippen LogP contribution is -2.36. The number of benzene rings is 1. The molecule has 1 amide bonds. The van der Waals surface area contributed by atoms with Crippen molar-refractivity contribution in [2.45, 2.75) is 25.8 Å².